The Morgan fingerprint density at radius 3 is 2.00 bits per heavy atom. The van der Waals surface area contributed by atoms with E-state index in [1.54, 1.807) is 63.2 Å². The lowest BCUT2D eigenvalue weighted by molar-refractivity contribution is 0.392. The Bertz CT molecular complexity index is 1120. The lowest BCUT2D eigenvalue weighted by Crippen LogP contribution is -2.32. The summed E-state index contributed by atoms with van der Waals surface area (Å²) in [6.45, 7) is 5.56. The Hall–Kier alpha value is -2.84. The van der Waals surface area contributed by atoms with Gasteiger partial charge in [-0.3, -0.25) is 0 Å². The minimum Gasteiger partial charge on any atom is -0.497 e. The van der Waals surface area contributed by atoms with Gasteiger partial charge in [0.1, 0.15) is 23.4 Å². The number of rotatable bonds is 7. The molecule has 0 unspecified atom stereocenters. The maximum absolute atomic E-state index is 13.5. The van der Waals surface area contributed by atoms with Gasteiger partial charge in [-0.1, -0.05) is 17.7 Å². The topological polar surface area (TPSA) is 82.4 Å². The van der Waals surface area contributed by atoms with Gasteiger partial charge in [0.05, 0.1) is 19.1 Å². The molecule has 1 aromatic heterocycles. The van der Waals surface area contributed by atoms with Gasteiger partial charge in [0, 0.05) is 25.5 Å². The SMILES string of the molecule is COc1cc(OC)cc([C@H](NS(=O)(=O)c2c(C)cc(C)cc2C)c2nccn2C)c1. The second kappa shape index (κ2) is 8.49. The number of sulfonamides is 1. The Labute approximate surface area is 177 Å². The molecule has 30 heavy (non-hydrogen) atoms. The van der Waals surface area contributed by atoms with Crippen LogP contribution in [0.5, 0.6) is 11.5 Å². The highest BCUT2D eigenvalue weighted by Gasteiger charge is 2.28. The summed E-state index contributed by atoms with van der Waals surface area (Å²) in [6, 6.07) is 8.29. The van der Waals surface area contributed by atoms with Gasteiger partial charge >= 0.3 is 0 Å². The van der Waals surface area contributed by atoms with Crippen molar-refractivity contribution in [1.29, 1.82) is 0 Å². The largest absolute Gasteiger partial charge is 0.497 e. The summed E-state index contributed by atoms with van der Waals surface area (Å²) in [5.74, 6) is 1.67. The monoisotopic (exact) mass is 429 g/mol. The summed E-state index contributed by atoms with van der Waals surface area (Å²) >= 11 is 0. The first-order valence-electron chi connectivity index (χ1n) is 9.46. The molecule has 1 atom stereocenters. The molecule has 8 heteroatoms. The fourth-order valence-electron chi connectivity index (χ4n) is 3.73. The van der Waals surface area contributed by atoms with E-state index >= 15 is 0 Å². The van der Waals surface area contributed by atoms with E-state index in [4.69, 9.17) is 9.47 Å². The number of imidazole rings is 1. The van der Waals surface area contributed by atoms with Gasteiger partial charge in [-0.15, -0.1) is 0 Å². The van der Waals surface area contributed by atoms with Crippen LogP contribution in [0.3, 0.4) is 0 Å². The molecule has 1 N–H and O–H groups in total. The van der Waals surface area contributed by atoms with Crippen LogP contribution < -0.4 is 14.2 Å². The number of benzene rings is 2. The number of nitrogens with zero attached hydrogens (tertiary/aromatic N) is 2. The molecule has 7 nitrogen and oxygen atoms in total. The normalized spacial score (nSPS) is 12.6. The fourth-order valence-corrected chi connectivity index (χ4v) is 5.36. The van der Waals surface area contributed by atoms with Crippen molar-refractivity contribution in [2.45, 2.75) is 31.7 Å². The second-order valence-corrected chi connectivity index (χ2v) is 8.98. The number of aromatic nitrogens is 2. The minimum absolute atomic E-state index is 0.280. The Morgan fingerprint density at radius 2 is 1.53 bits per heavy atom. The van der Waals surface area contributed by atoms with Gasteiger partial charge in [0.2, 0.25) is 10.0 Å². The van der Waals surface area contributed by atoms with Crippen molar-refractivity contribution < 1.29 is 17.9 Å². The molecule has 0 aliphatic rings. The van der Waals surface area contributed by atoms with Crippen molar-refractivity contribution in [1.82, 2.24) is 14.3 Å². The van der Waals surface area contributed by atoms with E-state index in [0.717, 1.165) is 5.56 Å². The van der Waals surface area contributed by atoms with E-state index in [1.807, 2.05) is 26.1 Å². The first kappa shape index (κ1) is 21.9. The van der Waals surface area contributed by atoms with Crippen molar-refractivity contribution >= 4 is 10.0 Å². The van der Waals surface area contributed by atoms with Crippen molar-refractivity contribution in [2.75, 3.05) is 14.2 Å². The number of methoxy groups -OCH3 is 2. The zero-order valence-corrected chi connectivity index (χ0v) is 18.9. The lowest BCUT2D eigenvalue weighted by Gasteiger charge is -2.22. The summed E-state index contributed by atoms with van der Waals surface area (Å²) in [4.78, 5) is 4.67. The summed E-state index contributed by atoms with van der Waals surface area (Å²) in [6.07, 6.45) is 3.41. The molecule has 0 saturated carbocycles. The molecule has 3 aromatic rings. The zero-order valence-electron chi connectivity index (χ0n) is 18.1. The Morgan fingerprint density at radius 1 is 0.967 bits per heavy atom. The first-order valence-corrected chi connectivity index (χ1v) is 10.9. The average Bonchev–Trinajstić information content (AvgIpc) is 3.10. The van der Waals surface area contributed by atoms with E-state index in [-0.39, 0.29) is 4.90 Å². The van der Waals surface area contributed by atoms with Crippen LogP contribution in [-0.2, 0) is 17.1 Å². The van der Waals surface area contributed by atoms with Crippen LogP contribution in [0, 0.1) is 20.8 Å². The third-order valence-corrected chi connectivity index (χ3v) is 6.70. The smallest absolute Gasteiger partial charge is 0.242 e. The Balaban J connectivity index is 2.15. The maximum Gasteiger partial charge on any atom is 0.242 e. The van der Waals surface area contributed by atoms with E-state index in [1.165, 1.54) is 0 Å². The highest BCUT2D eigenvalue weighted by Crippen LogP contribution is 2.31. The molecule has 2 aromatic carbocycles. The van der Waals surface area contributed by atoms with Crippen LogP contribution in [0.15, 0.2) is 47.6 Å². The number of aryl methyl sites for hydroxylation is 4. The Kier molecular flexibility index (Phi) is 6.19. The second-order valence-electron chi connectivity index (χ2n) is 7.32. The molecular formula is C22H27N3O4S. The van der Waals surface area contributed by atoms with Crippen LogP contribution in [0.2, 0.25) is 0 Å². The van der Waals surface area contributed by atoms with Crippen molar-refractivity contribution in [2.24, 2.45) is 7.05 Å². The molecule has 0 spiro atoms. The van der Waals surface area contributed by atoms with Crippen LogP contribution in [-0.4, -0.2) is 32.2 Å². The molecule has 0 aliphatic carbocycles. The van der Waals surface area contributed by atoms with E-state index in [2.05, 4.69) is 9.71 Å². The predicted octanol–water partition coefficient (Wildman–Crippen LogP) is 3.43. The molecule has 1 heterocycles. The van der Waals surface area contributed by atoms with Gasteiger partial charge in [-0.2, -0.15) is 4.72 Å². The third-order valence-electron chi connectivity index (χ3n) is 4.97. The van der Waals surface area contributed by atoms with Gasteiger partial charge in [0.15, 0.2) is 0 Å². The molecule has 160 valence electrons. The molecule has 0 fully saturated rings. The molecule has 0 amide bonds. The average molecular weight is 430 g/mol. The minimum atomic E-state index is -3.85. The third kappa shape index (κ3) is 4.34. The van der Waals surface area contributed by atoms with Crippen molar-refractivity contribution in [3.63, 3.8) is 0 Å². The molecule has 0 radical (unpaired) electrons. The number of hydrogen-bond acceptors (Lipinski definition) is 5. The zero-order chi connectivity index (χ0) is 22.1. The molecule has 0 saturated heterocycles. The van der Waals surface area contributed by atoms with E-state index in [0.29, 0.717) is 34.0 Å². The molecule has 3 rings (SSSR count). The molecule has 0 bridgehead atoms. The summed E-state index contributed by atoms with van der Waals surface area (Å²) in [7, 11) is 1.08. The van der Waals surface area contributed by atoms with Gasteiger partial charge in [0.25, 0.3) is 0 Å². The molecule has 0 aliphatic heterocycles. The highest BCUT2D eigenvalue weighted by atomic mass is 32.2. The lowest BCUT2D eigenvalue weighted by atomic mass is 10.1. The standard InChI is InChI=1S/C22H27N3O4S/c1-14-9-15(2)21(16(3)10-14)30(26,27)24-20(22-23-7-8-25(22)4)17-11-18(28-5)13-19(12-17)29-6/h7-13,20,24H,1-6H3/t20-/m0/s1. The summed E-state index contributed by atoms with van der Waals surface area (Å²) in [5, 5.41) is 0. The quantitative estimate of drug-likeness (QED) is 0.622. The number of nitrogens with one attached hydrogen (secondary N) is 1. The van der Waals surface area contributed by atoms with Gasteiger partial charge in [-0.25, -0.2) is 13.4 Å². The van der Waals surface area contributed by atoms with E-state index < -0.39 is 16.1 Å². The number of ether oxygens (including phenoxy) is 2. The van der Waals surface area contributed by atoms with Crippen LogP contribution in [0.1, 0.15) is 34.1 Å². The number of hydrogen-bond donors (Lipinski definition) is 1. The first-order chi connectivity index (χ1) is 14.2. The maximum atomic E-state index is 13.5. The highest BCUT2D eigenvalue weighted by molar-refractivity contribution is 7.89. The summed E-state index contributed by atoms with van der Waals surface area (Å²) in [5.41, 5.74) is 3.07. The van der Waals surface area contributed by atoms with Gasteiger partial charge < -0.3 is 14.0 Å². The predicted molar refractivity (Wildman–Crippen MR) is 116 cm³/mol. The van der Waals surface area contributed by atoms with Gasteiger partial charge in [-0.05, 0) is 49.6 Å². The summed E-state index contributed by atoms with van der Waals surface area (Å²) < 4.78 is 42.3. The van der Waals surface area contributed by atoms with Crippen LogP contribution in [0.4, 0.5) is 0 Å². The molecular weight excluding hydrogens is 402 g/mol. The van der Waals surface area contributed by atoms with Crippen molar-refractivity contribution in [3.8, 4) is 11.5 Å². The fraction of sp³-hybridized carbons (Fsp3) is 0.318. The van der Waals surface area contributed by atoms with Crippen LogP contribution >= 0.6 is 0 Å². The van der Waals surface area contributed by atoms with E-state index in [9.17, 15) is 8.42 Å². The van der Waals surface area contributed by atoms with Crippen LogP contribution in [0.25, 0.3) is 0 Å². The van der Waals surface area contributed by atoms with Crippen molar-refractivity contribution in [3.05, 3.63) is 70.8 Å².